The van der Waals surface area contributed by atoms with Crippen LogP contribution in [0.2, 0.25) is 0 Å². The second-order valence-corrected chi connectivity index (χ2v) is 7.96. The van der Waals surface area contributed by atoms with Gasteiger partial charge in [-0.05, 0) is 72.2 Å². The lowest BCUT2D eigenvalue weighted by atomic mass is 10.1. The highest BCUT2D eigenvalue weighted by Crippen LogP contribution is 2.24. The molecule has 0 aliphatic heterocycles. The fraction of sp³-hybridized carbons (Fsp3) is 0.130. The number of hydrogen-bond acceptors (Lipinski definition) is 5. The van der Waals surface area contributed by atoms with E-state index in [0.29, 0.717) is 27.4 Å². The fourth-order valence-electron chi connectivity index (χ4n) is 3.31. The van der Waals surface area contributed by atoms with Crippen LogP contribution in [-0.2, 0) is 0 Å². The predicted molar refractivity (Wildman–Crippen MR) is 124 cm³/mol. The number of carbonyl (C=O) groups excluding carboxylic acids is 2. The largest absolute Gasteiger partial charge is 0.444 e. The molecule has 2 amide bonds. The normalized spacial score (nSPS) is 10.8. The molecule has 0 saturated heterocycles. The number of nitrogens with one attached hydrogen (secondary N) is 1. The van der Waals surface area contributed by atoms with Gasteiger partial charge in [-0.25, -0.2) is 9.67 Å². The quantitative estimate of drug-likeness (QED) is 0.432. The van der Waals surface area contributed by atoms with Crippen molar-refractivity contribution < 1.29 is 14.0 Å². The summed E-state index contributed by atoms with van der Waals surface area (Å²) in [6, 6.07) is 15.6. The summed E-state index contributed by atoms with van der Waals surface area (Å²) in [5, 5.41) is 7.25. The Balaban J connectivity index is 1.54. The smallest absolute Gasteiger partial charge is 0.293 e. The third-order valence-electron chi connectivity index (χ3n) is 4.83. The average molecular weight is 494 g/mol. The van der Waals surface area contributed by atoms with E-state index in [1.807, 2.05) is 19.9 Å². The molecular formula is C23H20BrN5O3. The fourth-order valence-corrected chi connectivity index (χ4v) is 3.61. The van der Waals surface area contributed by atoms with Gasteiger partial charge >= 0.3 is 0 Å². The number of furan rings is 1. The van der Waals surface area contributed by atoms with Crippen molar-refractivity contribution in [3.8, 4) is 5.82 Å². The molecule has 0 atom stereocenters. The molecule has 0 aliphatic carbocycles. The number of amides is 2. The Bertz CT molecular complexity index is 1290. The van der Waals surface area contributed by atoms with Gasteiger partial charge in [0.05, 0.1) is 28.8 Å². The summed E-state index contributed by atoms with van der Waals surface area (Å²) in [7, 11) is 1.59. The van der Waals surface area contributed by atoms with Gasteiger partial charge in [-0.1, -0.05) is 12.1 Å². The SMILES string of the molecule is Cc1cc(C)n(-c2ccc(NC(=O)c3ccccc3N(C)C(=O)c3ccc(Br)o3)cn2)n1. The number of para-hydroxylation sites is 1. The summed E-state index contributed by atoms with van der Waals surface area (Å²) in [5.41, 5.74) is 3.20. The lowest BCUT2D eigenvalue weighted by Gasteiger charge is -2.19. The molecule has 0 fully saturated rings. The van der Waals surface area contributed by atoms with Crippen LogP contribution >= 0.6 is 15.9 Å². The molecule has 0 spiro atoms. The highest BCUT2D eigenvalue weighted by atomic mass is 79.9. The number of aromatic nitrogens is 3. The summed E-state index contributed by atoms with van der Waals surface area (Å²) in [6.45, 7) is 3.87. The van der Waals surface area contributed by atoms with Gasteiger partial charge in [0.1, 0.15) is 0 Å². The van der Waals surface area contributed by atoms with Crippen molar-refractivity contribution in [3.05, 3.63) is 88.2 Å². The highest BCUT2D eigenvalue weighted by Gasteiger charge is 2.22. The summed E-state index contributed by atoms with van der Waals surface area (Å²) >= 11 is 3.19. The van der Waals surface area contributed by atoms with E-state index in [4.69, 9.17) is 4.42 Å². The second kappa shape index (κ2) is 8.80. The zero-order chi connectivity index (χ0) is 22.8. The van der Waals surface area contributed by atoms with Crippen LogP contribution in [0.3, 0.4) is 0 Å². The molecule has 0 radical (unpaired) electrons. The van der Waals surface area contributed by atoms with Crippen LogP contribution in [0, 0.1) is 13.8 Å². The van der Waals surface area contributed by atoms with Crippen molar-refractivity contribution >= 4 is 39.1 Å². The predicted octanol–water partition coefficient (Wildman–Crippen LogP) is 4.77. The number of benzene rings is 1. The standard InChI is InChI=1S/C23H20BrN5O3/c1-14-12-15(2)29(27-14)21-11-8-16(13-25-21)26-22(30)17-6-4-5-7-18(17)28(3)23(31)19-9-10-20(24)32-19/h4-13H,1-3H3,(H,26,30). The van der Waals surface area contributed by atoms with Crippen molar-refractivity contribution in [2.45, 2.75) is 13.8 Å². The molecule has 4 aromatic rings. The van der Waals surface area contributed by atoms with E-state index in [0.717, 1.165) is 11.4 Å². The maximum Gasteiger partial charge on any atom is 0.293 e. The summed E-state index contributed by atoms with van der Waals surface area (Å²) in [6.07, 6.45) is 1.57. The maximum absolute atomic E-state index is 13.0. The number of carbonyl (C=O) groups is 2. The zero-order valence-corrected chi connectivity index (χ0v) is 19.3. The van der Waals surface area contributed by atoms with Crippen LogP contribution in [0.5, 0.6) is 0 Å². The van der Waals surface area contributed by atoms with Crippen molar-refractivity contribution in [2.75, 3.05) is 17.3 Å². The van der Waals surface area contributed by atoms with Crippen LogP contribution in [-0.4, -0.2) is 33.6 Å². The third-order valence-corrected chi connectivity index (χ3v) is 5.26. The van der Waals surface area contributed by atoms with Crippen LogP contribution in [0.1, 0.15) is 32.3 Å². The monoisotopic (exact) mass is 493 g/mol. The van der Waals surface area contributed by atoms with Crippen molar-refractivity contribution in [1.82, 2.24) is 14.8 Å². The molecule has 32 heavy (non-hydrogen) atoms. The number of hydrogen-bond donors (Lipinski definition) is 1. The van der Waals surface area contributed by atoms with E-state index < -0.39 is 0 Å². The molecule has 162 valence electrons. The first-order valence-corrected chi connectivity index (χ1v) is 10.6. The first-order chi connectivity index (χ1) is 15.3. The van der Waals surface area contributed by atoms with E-state index in [1.54, 1.807) is 66.5 Å². The molecule has 0 saturated carbocycles. The van der Waals surface area contributed by atoms with Crippen LogP contribution < -0.4 is 10.2 Å². The molecule has 1 N–H and O–H groups in total. The molecule has 4 rings (SSSR count). The number of nitrogens with zero attached hydrogens (tertiary/aromatic N) is 4. The molecular weight excluding hydrogens is 474 g/mol. The molecule has 0 aliphatic rings. The van der Waals surface area contributed by atoms with E-state index in [9.17, 15) is 9.59 Å². The van der Waals surface area contributed by atoms with Crippen LogP contribution in [0.25, 0.3) is 5.82 Å². The topological polar surface area (TPSA) is 93.3 Å². The Hall–Kier alpha value is -3.72. The van der Waals surface area contributed by atoms with Crippen molar-refractivity contribution in [2.24, 2.45) is 0 Å². The minimum absolute atomic E-state index is 0.165. The van der Waals surface area contributed by atoms with Crippen LogP contribution in [0.15, 0.2) is 69.9 Å². The molecule has 3 heterocycles. The molecule has 0 bridgehead atoms. The molecule has 1 aromatic carbocycles. The van der Waals surface area contributed by atoms with Gasteiger partial charge in [-0.15, -0.1) is 0 Å². The van der Waals surface area contributed by atoms with Gasteiger partial charge in [0.2, 0.25) is 0 Å². The second-order valence-electron chi connectivity index (χ2n) is 7.18. The van der Waals surface area contributed by atoms with Gasteiger partial charge < -0.3 is 14.6 Å². The minimum atomic E-state index is -0.369. The van der Waals surface area contributed by atoms with Gasteiger partial charge in [0.15, 0.2) is 16.2 Å². The highest BCUT2D eigenvalue weighted by molar-refractivity contribution is 9.10. The summed E-state index contributed by atoms with van der Waals surface area (Å²) < 4.78 is 7.55. The van der Waals surface area contributed by atoms with Crippen LogP contribution in [0.4, 0.5) is 11.4 Å². The number of anilines is 2. The first-order valence-electron chi connectivity index (χ1n) is 9.77. The Morgan fingerprint density at radius 1 is 1.09 bits per heavy atom. The van der Waals surface area contributed by atoms with Gasteiger partial charge in [0.25, 0.3) is 11.8 Å². The Labute approximate surface area is 193 Å². The molecule has 9 heteroatoms. The lowest BCUT2D eigenvalue weighted by molar-refractivity contribution is 0.0965. The molecule has 8 nitrogen and oxygen atoms in total. The summed E-state index contributed by atoms with van der Waals surface area (Å²) in [5.74, 6) is 0.0934. The van der Waals surface area contributed by atoms with Gasteiger partial charge in [-0.2, -0.15) is 5.10 Å². The Morgan fingerprint density at radius 3 is 2.50 bits per heavy atom. The lowest BCUT2D eigenvalue weighted by Crippen LogP contribution is -2.28. The van der Waals surface area contributed by atoms with Gasteiger partial charge in [-0.3, -0.25) is 9.59 Å². The minimum Gasteiger partial charge on any atom is -0.444 e. The number of aryl methyl sites for hydroxylation is 2. The maximum atomic E-state index is 13.0. The van der Waals surface area contributed by atoms with E-state index in [1.165, 1.54) is 4.90 Å². The van der Waals surface area contributed by atoms with E-state index in [-0.39, 0.29) is 17.6 Å². The number of halogens is 1. The van der Waals surface area contributed by atoms with Crippen molar-refractivity contribution in [1.29, 1.82) is 0 Å². The van der Waals surface area contributed by atoms with Gasteiger partial charge in [0, 0.05) is 12.7 Å². The van der Waals surface area contributed by atoms with E-state index in [2.05, 4.69) is 31.3 Å². The van der Waals surface area contributed by atoms with Crippen molar-refractivity contribution in [3.63, 3.8) is 0 Å². The Morgan fingerprint density at radius 2 is 1.88 bits per heavy atom. The third kappa shape index (κ3) is 4.33. The Kier molecular flexibility index (Phi) is 5.91. The van der Waals surface area contributed by atoms with E-state index >= 15 is 0 Å². The zero-order valence-electron chi connectivity index (χ0n) is 17.7. The average Bonchev–Trinajstić information content (AvgIpc) is 3.37. The molecule has 3 aromatic heterocycles. The number of rotatable bonds is 5. The first kappa shape index (κ1) is 21.5. The molecule has 0 unspecified atom stereocenters. The summed E-state index contributed by atoms with van der Waals surface area (Å²) in [4.78, 5) is 31.5. The number of pyridine rings is 1.